The van der Waals surface area contributed by atoms with Crippen molar-refractivity contribution in [2.75, 3.05) is 20.2 Å². The number of carbonyl (C=O) groups is 1. The van der Waals surface area contributed by atoms with Gasteiger partial charge in [0.1, 0.15) is 5.75 Å². The van der Waals surface area contributed by atoms with E-state index in [-0.39, 0.29) is 18.0 Å². The van der Waals surface area contributed by atoms with Crippen LogP contribution in [0.1, 0.15) is 30.9 Å². The second-order valence-electron chi connectivity index (χ2n) is 5.15. The van der Waals surface area contributed by atoms with E-state index >= 15 is 0 Å². The van der Waals surface area contributed by atoms with Gasteiger partial charge in [0.15, 0.2) is 0 Å². The zero-order valence-corrected chi connectivity index (χ0v) is 11.9. The number of hydrogen-bond donors (Lipinski definition) is 2. The normalized spacial score (nSPS) is 21.4. The van der Waals surface area contributed by atoms with Gasteiger partial charge in [-0.3, -0.25) is 9.69 Å². The molecule has 4 N–H and O–H groups in total. The van der Waals surface area contributed by atoms with E-state index in [1.54, 1.807) is 7.11 Å². The molecule has 1 heterocycles. The quantitative estimate of drug-likeness (QED) is 0.842. The maximum Gasteiger partial charge on any atom is 0.234 e. The lowest BCUT2D eigenvalue weighted by molar-refractivity contribution is -0.125. The van der Waals surface area contributed by atoms with E-state index < -0.39 is 0 Å². The molecule has 2 rings (SSSR count). The Hall–Kier alpha value is -1.59. The molecule has 1 aromatic carbocycles. The Morgan fingerprint density at radius 3 is 2.85 bits per heavy atom. The fourth-order valence-corrected chi connectivity index (χ4v) is 3.02. The van der Waals surface area contributed by atoms with Gasteiger partial charge in [0.25, 0.3) is 0 Å². The molecular formula is C15H23N3O2. The number of nitrogens with zero attached hydrogens (tertiary/aromatic N) is 1. The average Bonchev–Trinajstić information content (AvgIpc) is 2.49. The summed E-state index contributed by atoms with van der Waals surface area (Å²) < 4.78 is 5.42. The number of para-hydroxylation sites is 1. The van der Waals surface area contributed by atoms with Crippen LogP contribution in [0.15, 0.2) is 24.3 Å². The summed E-state index contributed by atoms with van der Waals surface area (Å²) in [5, 5.41) is 0. The summed E-state index contributed by atoms with van der Waals surface area (Å²) in [5.74, 6) is 0.537. The van der Waals surface area contributed by atoms with Crippen LogP contribution >= 0.6 is 0 Å². The first-order chi connectivity index (χ1) is 9.69. The number of rotatable bonds is 5. The van der Waals surface area contributed by atoms with Crippen molar-refractivity contribution in [3.63, 3.8) is 0 Å². The fourth-order valence-electron chi connectivity index (χ4n) is 3.02. The van der Waals surface area contributed by atoms with Gasteiger partial charge in [0.2, 0.25) is 5.91 Å². The first-order valence-corrected chi connectivity index (χ1v) is 7.07. The third-order valence-electron chi connectivity index (χ3n) is 3.99. The van der Waals surface area contributed by atoms with E-state index in [9.17, 15) is 4.79 Å². The molecule has 0 aromatic heterocycles. The van der Waals surface area contributed by atoms with Gasteiger partial charge in [-0.05, 0) is 25.5 Å². The molecule has 1 amide bonds. The van der Waals surface area contributed by atoms with Gasteiger partial charge >= 0.3 is 0 Å². The molecular weight excluding hydrogens is 254 g/mol. The molecule has 110 valence electrons. The highest BCUT2D eigenvalue weighted by atomic mass is 16.5. The molecule has 5 nitrogen and oxygen atoms in total. The standard InChI is InChI=1S/C15H23N3O2/c1-20-14-8-3-2-6-11(14)13(10-16)18-9-5-4-7-12(18)15(17)19/h2-3,6,8,12-13H,4-5,7,9-10,16H2,1H3,(H2,17,19). The van der Waals surface area contributed by atoms with Crippen molar-refractivity contribution in [2.24, 2.45) is 11.5 Å². The highest BCUT2D eigenvalue weighted by molar-refractivity contribution is 5.80. The minimum absolute atomic E-state index is 0.0380. The summed E-state index contributed by atoms with van der Waals surface area (Å²) in [4.78, 5) is 13.8. The Labute approximate surface area is 119 Å². The lowest BCUT2D eigenvalue weighted by Crippen LogP contribution is -2.50. The first kappa shape index (κ1) is 14.8. The SMILES string of the molecule is COc1ccccc1C(CN)N1CCCCC1C(N)=O. The van der Waals surface area contributed by atoms with Crippen molar-refractivity contribution in [1.82, 2.24) is 4.90 Å². The number of primary amides is 1. The van der Waals surface area contributed by atoms with Crippen molar-refractivity contribution >= 4 is 5.91 Å². The topological polar surface area (TPSA) is 81.6 Å². The summed E-state index contributed by atoms with van der Waals surface area (Å²) in [6.45, 7) is 1.28. The molecule has 1 fully saturated rings. The van der Waals surface area contributed by atoms with Gasteiger partial charge in [-0.15, -0.1) is 0 Å². The minimum atomic E-state index is -0.266. The van der Waals surface area contributed by atoms with Crippen LogP contribution in [-0.2, 0) is 4.79 Å². The number of benzene rings is 1. The maximum absolute atomic E-state index is 11.7. The van der Waals surface area contributed by atoms with Gasteiger partial charge < -0.3 is 16.2 Å². The van der Waals surface area contributed by atoms with Crippen LogP contribution in [0.5, 0.6) is 5.75 Å². The zero-order valence-electron chi connectivity index (χ0n) is 11.9. The maximum atomic E-state index is 11.7. The number of piperidine rings is 1. The molecule has 0 aliphatic carbocycles. The van der Waals surface area contributed by atoms with E-state index in [0.29, 0.717) is 6.54 Å². The second-order valence-corrected chi connectivity index (χ2v) is 5.15. The second kappa shape index (κ2) is 6.72. The highest BCUT2D eigenvalue weighted by Gasteiger charge is 2.33. The van der Waals surface area contributed by atoms with Gasteiger partial charge in [-0.25, -0.2) is 0 Å². The average molecular weight is 277 g/mol. The van der Waals surface area contributed by atoms with Gasteiger partial charge in [-0.2, -0.15) is 0 Å². The number of methoxy groups -OCH3 is 1. The molecule has 5 heteroatoms. The molecule has 1 saturated heterocycles. The van der Waals surface area contributed by atoms with Gasteiger partial charge in [0, 0.05) is 12.1 Å². The summed E-state index contributed by atoms with van der Waals surface area (Å²) in [6.07, 6.45) is 2.91. The summed E-state index contributed by atoms with van der Waals surface area (Å²) in [6, 6.07) is 7.54. The van der Waals surface area contributed by atoms with E-state index in [2.05, 4.69) is 4.90 Å². The molecule has 20 heavy (non-hydrogen) atoms. The molecule has 0 spiro atoms. The van der Waals surface area contributed by atoms with E-state index in [1.165, 1.54) is 0 Å². The number of hydrogen-bond acceptors (Lipinski definition) is 4. The van der Waals surface area contributed by atoms with Crippen LogP contribution in [0, 0.1) is 0 Å². The fraction of sp³-hybridized carbons (Fsp3) is 0.533. The molecule has 2 atom stereocenters. The van der Waals surface area contributed by atoms with Crippen molar-refractivity contribution in [1.29, 1.82) is 0 Å². The van der Waals surface area contributed by atoms with E-state index in [4.69, 9.17) is 16.2 Å². The van der Waals surface area contributed by atoms with E-state index in [0.717, 1.165) is 37.1 Å². The molecule has 1 aliphatic heterocycles. The zero-order chi connectivity index (χ0) is 14.5. The number of amides is 1. The van der Waals surface area contributed by atoms with Crippen molar-refractivity contribution in [3.8, 4) is 5.75 Å². The summed E-state index contributed by atoms with van der Waals surface area (Å²) in [5.41, 5.74) is 12.5. The van der Waals surface area contributed by atoms with Crippen LogP contribution in [0.3, 0.4) is 0 Å². The molecule has 1 aromatic rings. The van der Waals surface area contributed by atoms with Gasteiger partial charge in [-0.1, -0.05) is 24.6 Å². The molecule has 0 saturated carbocycles. The van der Waals surface area contributed by atoms with Crippen molar-refractivity contribution < 1.29 is 9.53 Å². The monoisotopic (exact) mass is 277 g/mol. The number of ether oxygens (including phenoxy) is 1. The van der Waals surface area contributed by atoms with Gasteiger partial charge in [0.05, 0.1) is 19.2 Å². The predicted octanol–water partition coefficient (Wildman–Crippen LogP) is 1.03. The van der Waals surface area contributed by atoms with Crippen molar-refractivity contribution in [2.45, 2.75) is 31.3 Å². The number of likely N-dealkylation sites (tertiary alicyclic amines) is 1. The summed E-state index contributed by atoms with van der Waals surface area (Å²) in [7, 11) is 1.65. The number of carbonyl (C=O) groups excluding carboxylic acids is 1. The lowest BCUT2D eigenvalue weighted by Gasteiger charge is -2.39. The first-order valence-electron chi connectivity index (χ1n) is 7.07. The Kier molecular flexibility index (Phi) is 4.98. The minimum Gasteiger partial charge on any atom is -0.496 e. The summed E-state index contributed by atoms with van der Waals surface area (Å²) >= 11 is 0. The Morgan fingerprint density at radius 1 is 1.45 bits per heavy atom. The Bertz CT molecular complexity index is 464. The Balaban J connectivity index is 2.32. The predicted molar refractivity (Wildman–Crippen MR) is 78.3 cm³/mol. The van der Waals surface area contributed by atoms with Crippen molar-refractivity contribution in [3.05, 3.63) is 29.8 Å². The molecule has 1 aliphatic rings. The van der Waals surface area contributed by atoms with Crippen LogP contribution in [0.25, 0.3) is 0 Å². The number of nitrogens with two attached hydrogens (primary N) is 2. The van der Waals surface area contributed by atoms with Crippen LogP contribution in [0.4, 0.5) is 0 Å². The molecule has 0 bridgehead atoms. The van der Waals surface area contributed by atoms with Crippen LogP contribution in [0.2, 0.25) is 0 Å². The van der Waals surface area contributed by atoms with E-state index in [1.807, 2.05) is 24.3 Å². The molecule has 0 radical (unpaired) electrons. The third kappa shape index (κ3) is 2.94. The smallest absolute Gasteiger partial charge is 0.234 e. The largest absolute Gasteiger partial charge is 0.496 e. The Morgan fingerprint density at radius 2 is 2.20 bits per heavy atom. The highest BCUT2D eigenvalue weighted by Crippen LogP contribution is 2.32. The molecule has 2 unspecified atom stereocenters. The lowest BCUT2D eigenvalue weighted by atomic mass is 9.95. The van der Waals surface area contributed by atoms with Crippen LogP contribution in [-0.4, -0.2) is 37.0 Å². The van der Waals surface area contributed by atoms with Crippen LogP contribution < -0.4 is 16.2 Å². The third-order valence-corrected chi connectivity index (χ3v) is 3.99.